The predicted octanol–water partition coefficient (Wildman–Crippen LogP) is 3.86. The van der Waals surface area contributed by atoms with Gasteiger partial charge in [-0.15, -0.1) is 0 Å². The molecule has 6 nitrogen and oxygen atoms in total. The molecule has 1 amide bonds. The summed E-state index contributed by atoms with van der Waals surface area (Å²) >= 11 is 0. The number of rotatable bonds is 4. The largest absolute Gasteiger partial charge is 0.350 e. The number of aromatic nitrogens is 3. The molecule has 1 aliphatic carbocycles. The first-order valence-corrected chi connectivity index (χ1v) is 9.11. The molecule has 134 valence electrons. The number of carbonyl (C=O) groups excluding carboxylic acids is 1. The van der Waals surface area contributed by atoms with Gasteiger partial charge in [0.15, 0.2) is 0 Å². The summed E-state index contributed by atoms with van der Waals surface area (Å²) < 4.78 is 7.17. The molecule has 3 aromatic rings. The Balaban J connectivity index is 1.71. The Hall–Kier alpha value is -2.89. The highest BCUT2D eigenvalue weighted by atomic mass is 16.5. The van der Waals surface area contributed by atoms with Gasteiger partial charge < -0.3 is 9.84 Å². The Bertz CT molecular complexity index is 940. The minimum Gasteiger partial charge on any atom is -0.350 e. The van der Waals surface area contributed by atoms with E-state index in [9.17, 15) is 4.79 Å². The van der Waals surface area contributed by atoms with Crippen LogP contribution >= 0.6 is 0 Å². The van der Waals surface area contributed by atoms with Crippen LogP contribution in [0.2, 0.25) is 0 Å². The van der Waals surface area contributed by atoms with Crippen LogP contribution in [0, 0.1) is 6.92 Å². The van der Waals surface area contributed by atoms with E-state index in [2.05, 4.69) is 22.5 Å². The summed E-state index contributed by atoms with van der Waals surface area (Å²) in [6, 6.07) is 9.81. The number of anilines is 1. The quantitative estimate of drug-likeness (QED) is 0.775. The Labute approximate surface area is 152 Å². The van der Waals surface area contributed by atoms with Gasteiger partial charge in [0.25, 0.3) is 5.91 Å². The summed E-state index contributed by atoms with van der Waals surface area (Å²) in [6.45, 7) is 4.04. The molecule has 1 aliphatic rings. The zero-order chi connectivity index (χ0) is 18.1. The molecule has 2 aromatic heterocycles. The van der Waals surface area contributed by atoms with Gasteiger partial charge in [0.1, 0.15) is 5.82 Å². The van der Waals surface area contributed by atoms with Crippen LogP contribution in [0.4, 0.5) is 5.82 Å². The fourth-order valence-electron chi connectivity index (χ4n) is 3.51. The minimum absolute atomic E-state index is 0.261. The first kappa shape index (κ1) is 16.6. The average molecular weight is 350 g/mol. The number of hydrogen-bond acceptors (Lipinski definition) is 4. The van der Waals surface area contributed by atoms with Crippen molar-refractivity contribution in [3.8, 4) is 5.69 Å². The fourth-order valence-corrected chi connectivity index (χ4v) is 3.51. The van der Waals surface area contributed by atoms with Gasteiger partial charge in [-0.05, 0) is 51.2 Å². The maximum Gasteiger partial charge on any atom is 0.295 e. The highest BCUT2D eigenvalue weighted by molar-refractivity contribution is 6.03. The van der Waals surface area contributed by atoms with Crippen molar-refractivity contribution in [2.24, 2.45) is 0 Å². The number of para-hydroxylation sites is 1. The standard InChI is InChI=1S/C20H22N4O2/c1-3-16-13(2)19(24(22-16)14-9-5-4-6-10-14)21-20(25)18-15-11-7-8-12-17(15)23-26-18/h4-6,9-10H,3,7-8,11-12H2,1-2H3,(H,21,25). The molecule has 0 saturated carbocycles. The van der Waals surface area contributed by atoms with Crippen molar-refractivity contribution in [1.82, 2.24) is 14.9 Å². The van der Waals surface area contributed by atoms with Crippen LogP contribution < -0.4 is 5.32 Å². The smallest absolute Gasteiger partial charge is 0.295 e. The van der Waals surface area contributed by atoms with Crippen LogP contribution in [0.1, 0.15) is 52.8 Å². The van der Waals surface area contributed by atoms with Crippen LogP contribution in [0.25, 0.3) is 5.69 Å². The van der Waals surface area contributed by atoms with Gasteiger partial charge in [-0.3, -0.25) is 4.79 Å². The number of benzene rings is 1. The lowest BCUT2D eigenvalue weighted by molar-refractivity contribution is 0.0986. The Morgan fingerprint density at radius 1 is 1.23 bits per heavy atom. The van der Waals surface area contributed by atoms with E-state index < -0.39 is 0 Å². The van der Waals surface area contributed by atoms with Crippen molar-refractivity contribution in [2.45, 2.75) is 46.0 Å². The predicted molar refractivity (Wildman–Crippen MR) is 98.8 cm³/mol. The van der Waals surface area contributed by atoms with E-state index in [4.69, 9.17) is 4.52 Å². The molecule has 0 spiro atoms. The van der Waals surface area contributed by atoms with E-state index in [1.165, 1.54) is 0 Å². The van der Waals surface area contributed by atoms with Crippen LogP contribution in [-0.2, 0) is 19.3 Å². The van der Waals surface area contributed by atoms with E-state index in [1.807, 2.05) is 37.3 Å². The van der Waals surface area contributed by atoms with Gasteiger partial charge >= 0.3 is 0 Å². The molecule has 0 atom stereocenters. The molecule has 1 aromatic carbocycles. The molecule has 0 unspecified atom stereocenters. The fraction of sp³-hybridized carbons (Fsp3) is 0.350. The molecule has 4 rings (SSSR count). The highest BCUT2D eigenvalue weighted by Crippen LogP contribution is 2.27. The van der Waals surface area contributed by atoms with Crippen molar-refractivity contribution in [2.75, 3.05) is 5.32 Å². The van der Waals surface area contributed by atoms with E-state index in [0.29, 0.717) is 11.6 Å². The van der Waals surface area contributed by atoms with E-state index >= 15 is 0 Å². The third-order valence-corrected chi connectivity index (χ3v) is 4.95. The molecule has 2 heterocycles. The van der Waals surface area contributed by atoms with Crippen LogP contribution in [-0.4, -0.2) is 20.8 Å². The summed E-state index contributed by atoms with van der Waals surface area (Å²) in [5.74, 6) is 0.750. The molecule has 0 radical (unpaired) electrons. The normalized spacial score (nSPS) is 13.5. The number of nitrogens with zero attached hydrogens (tertiary/aromatic N) is 3. The van der Waals surface area contributed by atoms with Gasteiger partial charge in [0, 0.05) is 11.1 Å². The second-order valence-electron chi connectivity index (χ2n) is 6.62. The minimum atomic E-state index is -0.261. The third-order valence-electron chi connectivity index (χ3n) is 4.95. The number of amides is 1. The van der Waals surface area contributed by atoms with Gasteiger partial charge in [-0.2, -0.15) is 5.10 Å². The maximum atomic E-state index is 12.9. The number of aryl methyl sites for hydroxylation is 2. The van der Waals surface area contributed by atoms with Crippen molar-refractivity contribution in [1.29, 1.82) is 0 Å². The van der Waals surface area contributed by atoms with Crippen molar-refractivity contribution >= 4 is 11.7 Å². The number of nitrogens with one attached hydrogen (secondary N) is 1. The van der Waals surface area contributed by atoms with E-state index in [1.54, 1.807) is 4.68 Å². The molecule has 1 N–H and O–H groups in total. The van der Waals surface area contributed by atoms with Crippen LogP contribution in [0.5, 0.6) is 0 Å². The number of hydrogen-bond donors (Lipinski definition) is 1. The molecule has 6 heteroatoms. The lowest BCUT2D eigenvalue weighted by Gasteiger charge is -2.11. The second-order valence-corrected chi connectivity index (χ2v) is 6.62. The van der Waals surface area contributed by atoms with Crippen molar-refractivity contribution in [3.05, 3.63) is 58.6 Å². The SMILES string of the molecule is CCc1nn(-c2ccccc2)c(NC(=O)c2onc3c2CCCC3)c1C. The summed E-state index contributed by atoms with van der Waals surface area (Å²) in [6.07, 6.45) is 4.69. The van der Waals surface area contributed by atoms with Crippen molar-refractivity contribution in [3.63, 3.8) is 0 Å². The third kappa shape index (κ3) is 2.81. The first-order valence-electron chi connectivity index (χ1n) is 9.11. The van der Waals surface area contributed by atoms with Gasteiger partial charge in [-0.1, -0.05) is 30.3 Å². The average Bonchev–Trinajstić information content (AvgIpc) is 3.24. The molecule has 0 saturated heterocycles. The Morgan fingerprint density at radius 3 is 2.77 bits per heavy atom. The first-order chi connectivity index (χ1) is 12.7. The van der Waals surface area contributed by atoms with Gasteiger partial charge in [-0.25, -0.2) is 4.68 Å². The lowest BCUT2D eigenvalue weighted by atomic mass is 9.96. The van der Waals surface area contributed by atoms with E-state index in [0.717, 1.165) is 60.3 Å². The highest BCUT2D eigenvalue weighted by Gasteiger charge is 2.26. The molecular formula is C20H22N4O2. The Morgan fingerprint density at radius 2 is 2.00 bits per heavy atom. The van der Waals surface area contributed by atoms with Gasteiger partial charge in [0.2, 0.25) is 5.76 Å². The summed E-state index contributed by atoms with van der Waals surface area (Å²) in [5.41, 5.74) is 4.71. The zero-order valence-electron chi connectivity index (χ0n) is 15.1. The summed E-state index contributed by atoms with van der Waals surface area (Å²) in [7, 11) is 0. The molecule has 0 bridgehead atoms. The second kappa shape index (κ2) is 6.78. The van der Waals surface area contributed by atoms with Crippen LogP contribution in [0.15, 0.2) is 34.9 Å². The van der Waals surface area contributed by atoms with Gasteiger partial charge in [0.05, 0.1) is 17.1 Å². The summed E-state index contributed by atoms with van der Waals surface area (Å²) in [4.78, 5) is 12.9. The lowest BCUT2D eigenvalue weighted by Crippen LogP contribution is -2.17. The molecule has 26 heavy (non-hydrogen) atoms. The molecule has 0 fully saturated rings. The number of carbonyl (C=O) groups is 1. The zero-order valence-corrected chi connectivity index (χ0v) is 15.1. The van der Waals surface area contributed by atoms with Crippen molar-refractivity contribution < 1.29 is 9.32 Å². The van der Waals surface area contributed by atoms with E-state index in [-0.39, 0.29) is 5.91 Å². The Kier molecular flexibility index (Phi) is 4.32. The van der Waals surface area contributed by atoms with Crippen LogP contribution in [0.3, 0.4) is 0 Å². The maximum absolute atomic E-state index is 12.9. The summed E-state index contributed by atoms with van der Waals surface area (Å²) in [5, 5.41) is 11.8. The molecular weight excluding hydrogens is 328 g/mol. The topological polar surface area (TPSA) is 73.0 Å². The number of fused-ring (bicyclic) bond motifs is 1. The monoisotopic (exact) mass is 350 g/mol. The molecule has 0 aliphatic heterocycles.